The van der Waals surface area contributed by atoms with Crippen molar-refractivity contribution >= 4 is 32.7 Å². The van der Waals surface area contributed by atoms with Crippen LogP contribution in [0.2, 0.25) is 0 Å². The van der Waals surface area contributed by atoms with Crippen LogP contribution in [-0.2, 0) is 0 Å². The molecule has 0 aliphatic heterocycles. The third kappa shape index (κ3) is 2.24. The molecule has 1 heteroatoms. The van der Waals surface area contributed by atoms with Crippen LogP contribution in [0.5, 0.6) is 0 Å². The highest BCUT2D eigenvalue weighted by Crippen LogP contribution is 2.37. The fourth-order valence-corrected chi connectivity index (χ4v) is 3.98. The molecule has 1 heterocycles. The van der Waals surface area contributed by atoms with Gasteiger partial charge in [-0.1, -0.05) is 74.5 Å². The van der Waals surface area contributed by atoms with Crippen LogP contribution < -0.4 is 0 Å². The van der Waals surface area contributed by atoms with Gasteiger partial charge in [0.15, 0.2) is 0 Å². The van der Waals surface area contributed by atoms with Gasteiger partial charge in [-0.05, 0) is 51.6 Å². The van der Waals surface area contributed by atoms with E-state index in [4.69, 9.17) is 4.42 Å². The van der Waals surface area contributed by atoms with E-state index < -0.39 is 0 Å². The molecule has 5 aromatic rings. The Bertz CT molecular complexity index is 1250. The largest absolute Gasteiger partial charge is 0.456 e. The zero-order chi connectivity index (χ0) is 17.7. The molecule has 0 atom stereocenters. The topological polar surface area (TPSA) is 13.1 Å². The minimum atomic E-state index is 0.459. The van der Waals surface area contributed by atoms with E-state index in [0.717, 1.165) is 11.2 Å². The van der Waals surface area contributed by atoms with Crippen LogP contribution in [0.15, 0.2) is 83.3 Å². The molecule has 0 amide bonds. The summed E-state index contributed by atoms with van der Waals surface area (Å²) in [4.78, 5) is 0. The molecule has 26 heavy (non-hydrogen) atoms. The van der Waals surface area contributed by atoms with Crippen molar-refractivity contribution < 1.29 is 4.42 Å². The molecule has 126 valence electrons. The SMILES string of the molecule is CC(C)c1cccc2oc3ccc(-c4cccc5ccccc45)cc3c12. The quantitative estimate of drug-likeness (QED) is 0.325. The van der Waals surface area contributed by atoms with E-state index in [1.165, 1.54) is 38.2 Å². The highest BCUT2D eigenvalue weighted by atomic mass is 16.3. The van der Waals surface area contributed by atoms with E-state index in [2.05, 4.69) is 92.7 Å². The number of hydrogen-bond donors (Lipinski definition) is 0. The van der Waals surface area contributed by atoms with Gasteiger partial charge in [0, 0.05) is 10.8 Å². The molecule has 4 aromatic carbocycles. The number of hydrogen-bond acceptors (Lipinski definition) is 1. The second-order valence-electron chi connectivity index (χ2n) is 7.21. The molecule has 0 N–H and O–H groups in total. The van der Waals surface area contributed by atoms with E-state index in [1.807, 2.05) is 0 Å². The summed E-state index contributed by atoms with van der Waals surface area (Å²) >= 11 is 0. The van der Waals surface area contributed by atoms with Crippen LogP contribution in [0.4, 0.5) is 0 Å². The van der Waals surface area contributed by atoms with E-state index in [-0.39, 0.29) is 0 Å². The number of fused-ring (bicyclic) bond motifs is 4. The van der Waals surface area contributed by atoms with Crippen molar-refractivity contribution in [1.82, 2.24) is 0 Å². The minimum Gasteiger partial charge on any atom is -0.456 e. The van der Waals surface area contributed by atoms with Gasteiger partial charge in [-0.15, -0.1) is 0 Å². The monoisotopic (exact) mass is 336 g/mol. The van der Waals surface area contributed by atoms with Crippen LogP contribution in [0.1, 0.15) is 25.3 Å². The lowest BCUT2D eigenvalue weighted by Crippen LogP contribution is -1.87. The molecule has 0 aliphatic carbocycles. The van der Waals surface area contributed by atoms with Gasteiger partial charge in [-0.2, -0.15) is 0 Å². The first-order valence-electron chi connectivity index (χ1n) is 9.16. The van der Waals surface area contributed by atoms with Gasteiger partial charge in [0.05, 0.1) is 0 Å². The Labute approximate surface area is 152 Å². The summed E-state index contributed by atoms with van der Waals surface area (Å²) in [6.45, 7) is 4.48. The Balaban J connectivity index is 1.84. The third-order valence-electron chi connectivity index (χ3n) is 5.25. The van der Waals surface area contributed by atoms with Crippen LogP contribution >= 0.6 is 0 Å². The predicted molar refractivity (Wildman–Crippen MR) is 111 cm³/mol. The molecule has 0 saturated heterocycles. The molecular formula is C25H20O. The molecule has 0 saturated carbocycles. The predicted octanol–water partition coefficient (Wildman–Crippen LogP) is 7.53. The maximum absolute atomic E-state index is 6.12. The lowest BCUT2D eigenvalue weighted by atomic mass is 9.94. The van der Waals surface area contributed by atoms with Gasteiger partial charge >= 0.3 is 0 Å². The van der Waals surface area contributed by atoms with Gasteiger partial charge in [-0.25, -0.2) is 0 Å². The summed E-state index contributed by atoms with van der Waals surface area (Å²) in [5, 5.41) is 5.01. The first-order valence-corrected chi connectivity index (χ1v) is 9.16. The highest BCUT2D eigenvalue weighted by Gasteiger charge is 2.14. The average molecular weight is 336 g/mol. The molecule has 0 bridgehead atoms. The van der Waals surface area contributed by atoms with Crippen molar-refractivity contribution in [2.75, 3.05) is 0 Å². The Morgan fingerprint density at radius 3 is 2.38 bits per heavy atom. The highest BCUT2D eigenvalue weighted by molar-refractivity contribution is 6.09. The van der Waals surface area contributed by atoms with Crippen molar-refractivity contribution in [3.05, 3.63) is 84.4 Å². The summed E-state index contributed by atoms with van der Waals surface area (Å²) in [6.07, 6.45) is 0. The molecule has 0 unspecified atom stereocenters. The number of benzene rings is 4. The Morgan fingerprint density at radius 2 is 1.50 bits per heavy atom. The van der Waals surface area contributed by atoms with Gasteiger partial charge in [0.2, 0.25) is 0 Å². The molecular weight excluding hydrogens is 316 g/mol. The van der Waals surface area contributed by atoms with Gasteiger partial charge < -0.3 is 4.42 Å². The summed E-state index contributed by atoms with van der Waals surface area (Å²) in [5.74, 6) is 0.459. The van der Waals surface area contributed by atoms with E-state index >= 15 is 0 Å². The van der Waals surface area contributed by atoms with Gasteiger partial charge in [-0.3, -0.25) is 0 Å². The lowest BCUT2D eigenvalue weighted by Gasteiger charge is -2.08. The molecule has 0 fully saturated rings. The first-order chi connectivity index (χ1) is 12.7. The van der Waals surface area contributed by atoms with E-state index in [1.54, 1.807) is 0 Å². The number of furan rings is 1. The first kappa shape index (κ1) is 15.2. The average Bonchev–Trinajstić information content (AvgIpc) is 3.05. The van der Waals surface area contributed by atoms with E-state index in [0.29, 0.717) is 5.92 Å². The molecule has 5 rings (SSSR count). The summed E-state index contributed by atoms with van der Waals surface area (Å²) in [7, 11) is 0. The van der Waals surface area contributed by atoms with Crippen molar-refractivity contribution in [3.8, 4) is 11.1 Å². The lowest BCUT2D eigenvalue weighted by molar-refractivity contribution is 0.668. The minimum absolute atomic E-state index is 0.459. The fourth-order valence-electron chi connectivity index (χ4n) is 3.98. The Kier molecular flexibility index (Phi) is 3.36. The standard InChI is InChI=1S/C25H20O/c1-16(2)19-10-6-12-24-25(19)22-15-18(13-14-23(22)26-24)21-11-5-8-17-7-3-4-9-20(17)21/h3-16H,1-2H3. The van der Waals surface area contributed by atoms with Gasteiger partial charge in [0.1, 0.15) is 11.2 Å². The van der Waals surface area contributed by atoms with Crippen LogP contribution in [-0.4, -0.2) is 0 Å². The molecule has 0 spiro atoms. The van der Waals surface area contributed by atoms with Crippen LogP contribution in [0.3, 0.4) is 0 Å². The third-order valence-corrected chi connectivity index (χ3v) is 5.25. The van der Waals surface area contributed by atoms with Gasteiger partial charge in [0.25, 0.3) is 0 Å². The smallest absolute Gasteiger partial charge is 0.135 e. The second-order valence-corrected chi connectivity index (χ2v) is 7.21. The molecule has 0 radical (unpaired) electrons. The van der Waals surface area contributed by atoms with Crippen molar-refractivity contribution in [2.45, 2.75) is 19.8 Å². The van der Waals surface area contributed by atoms with Crippen LogP contribution in [0.25, 0.3) is 43.8 Å². The molecule has 1 nitrogen and oxygen atoms in total. The zero-order valence-corrected chi connectivity index (χ0v) is 15.0. The van der Waals surface area contributed by atoms with Crippen molar-refractivity contribution in [2.24, 2.45) is 0 Å². The maximum atomic E-state index is 6.12. The summed E-state index contributed by atoms with van der Waals surface area (Å²) < 4.78 is 6.12. The van der Waals surface area contributed by atoms with Crippen LogP contribution in [0, 0.1) is 0 Å². The van der Waals surface area contributed by atoms with Crippen molar-refractivity contribution in [1.29, 1.82) is 0 Å². The molecule has 1 aromatic heterocycles. The zero-order valence-electron chi connectivity index (χ0n) is 15.0. The summed E-state index contributed by atoms with van der Waals surface area (Å²) in [6, 6.07) is 28.0. The number of rotatable bonds is 2. The van der Waals surface area contributed by atoms with E-state index in [9.17, 15) is 0 Å². The summed E-state index contributed by atoms with van der Waals surface area (Å²) in [5.41, 5.74) is 5.77. The Morgan fingerprint density at radius 1 is 0.692 bits per heavy atom. The Hall–Kier alpha value is -3.06. The molecule has 0 aliphatic rings. The second kappa shape index (κ2) is 5.74. The normalized spacial score (nSPS) is 11.8. The van der Waals surface area contributed by atoms with Crippen molar-refractivity contribution in [3.63, 3.8) is 0 Å². The fraction of sp³-hybridized carbons (Fsp3) is 0.120. The maximum Gasteiger partial charge on any atom is 0.135 e.